The molecule has 1 aliphatic rings. The number of benzene rings is 1. The summed E-state index contributed by atoms with van der Waals surface area (Å²) >= 11 is 5.92. The highest BCUT2D eigenvalue weighted by molar-refractivity contribution is 7.91. The summed E-state index contributed by atoms with van der Waals surface area (Å²) < 4.78 is 45.2. The second kappa shape index (κ2) is 7.51. The van der Waals surface area contributed by atoms with Crippen molar-refractivity contribution in [3.8, 4) is 0 Å². The van der Waals surface area contributed by atoms with E-state index in [0.29, 0.717) is 10.7 Å². The van der Waals surface area contributed by atoms with E-state index < -0.39 is 33.9 Å². The summed E-state index contributed by atoms with van der Waals surface area (Å²) in [5, 5.41) is -0.271. The van der Waals surface area contributed by atoms with Gasteiger partial charge in [0.25, 0.3) is 5.91 Å². The molecule has 136 valence electrons. The lowest BCUT2D eigenvalue weighted by Gasteiger charge is -2.29. The van der Waals surface area contributed by atoms with Gasteiger partial charge >= 0.3 is 16.2 Å². The Balaban J connectivity index is 2.55. The van der Waals surface area contributed by atoms with Crippen molar-refractivity contribution in [2.24, 2.45) is 0 Å². The van der Waals surface area contributed by atoms with Crippen LogP contribution in [0.15, 0.2) is 30.9 Å². The summed E-state index contributed by atoms with van der Waals surface area (Å²) in [4.78, 5) is 24.1. The Bertz CT molecular complexity index is 814. The van der Waals surface area contributed by atoms with Crippen molar-refractivity contribution < 1.29 is 27.1 Å². The number of halogens is 2. The first-order chi connectivity index (χ1) is 11.7. The maximum Gasteiger partial charge on any atom is 0.324 e. The van der Waals surface area contributed by atoms with Crippen LogP contribution in [0.3, 0.4) is 0 Å². The Morgan fingerprint density at radius 2 is 2.16 bits per heavy atom. The molecule has 0 aromatic heterocycles. The van der Waals surface area contributed by atoms with E-state index in [2.05, 4.69) is 11.3 Å². The molecule has 1 amide bonds. The zero-order valence-corrected chi connectivity index (χ0v) is 14.9. The average Bonchev–Trinajstić information content (AvgIpc) is 3.06. The molecule has 0 radical (unpaired) electrons. The summed E-state index contributed by atoms with van der Waals surface area (Å²) in [5.74, 6) is -2.40. The molecule has 0 bridgehead atoms. The van der Waals surface area contributed by atoms with Crippen molar-refractivity contribution in [2.45, 2.75) is 18.9 Å². The lowest BCUT2D eigenvalue weighted by molar-refractivity contribution is -0.144. The second-order valence-corrected chi connectivity index (χ2v) is 7.34. The van der Waals surface area contributed by atoms with E-state index in [4.69, 9.17) is 11.6 Å². The smallest absolute Gasteiger partial charge is 0.324 e. The molecule has 10 heteroatoms. The molecule has 1 heterocycles. The highest BCUT2D eigenvalue weighted by Gasteiger charge is 2.44. The highest BCUT2D eigenvalue weighted by Crippen LogP contribution is 2.33. The Morgan fingerprint density at radius 3 is 2.72 bits per heavy atom. The van der Waals surface area contributed by atoms with Crippen LogP contribution in [0.1, 0.15) is 12.8 Å². The molecule has 25 heavy (non-hydrogen) atoms. The van der Waals surface area contributed by atoms with Gasteiger partial charge in [-0.15, -0.1) is 0 Å². The molecule has 0 saturated carbocycles. The van der Waals surface area contributed by atoms with Crippen LogP contribution in [0.5, 0.6) is 0 Å². The molecule has 7 nitrogen and oxygen atoms in total. The topological polar surface area (TPSA) is 84.0 Å². The van der Waals surface area contributed by atoms with Crippen LogP contribution in [0.4, 0.5) is 10.1 Å². The number of hydrogen-bond acceptors (Lipinski definition) is 5. The monoisotopic (exact) mass is 390 g/mol. The number of nitrogens with zero attached hydrogens (tertiary/aromatic N) is 2. The van der Waals surface area contributed by atoms with Crippen molar-refractivity contribution >= 4 is 39.4 Å². The number of rotatable bonds is 5. The van der Waals surface area contributed by atoms with Gasteiger partial charge in [-0.3, -0.25) is 9.59 Å². The van der Waals surface area contributed by atoms with Crippen LogP contribution in [0.2, 0.25) is 5.02 Å². The summed E-state index contributed by atoms with van der Waals surface area (Å²) in [6, 6.07) is 1.88. The Kier molecular flexibility index (Phi) is 5.81. The van der Waals surface area contributed by atoms with Crippen molar-refractivity contribution in [3.63, 3.8) is 0 Å². The minimum Gasteiger partial charge on any atom is -0.468 e. The number of amides is 1. The minimum absolute atomic E-state index is 0.0296. The van der Waals surface area contributed by atoms with E-state index in [9.17, 15) is 22.4 Å². The maximum atomic E-state index is 13.3. The van der Waals surface area contributed by atoms with Crippen LogP contribution >= 0.6 is 11.6 Å². The third-order valence-electron chi connectivity index (χ3n) is 3.71. The number of ether oxygens (including phenoxy) is 1. The van der Waals surface area contributed by atoms with Gasteiger partial charge < -0.3 is 4.74 Å². The normalized spacial score (nSPS) is 18.0. The Labute approximate surface area is 149 Å². The van der Waals surface area contributed by atoms with E-state index in [1.807, 2.05) is 0 Å². The number of esters is 1. The van der Waals surface area contributed by atoms with Gasteiger partial charge in [-0.25, -0.2) is 4.39 Å². The fraction of sp³-hybridized carbons (Fsp3) is 0.333. The molecule has 0 spiro atoms. The number of hydrogen-bond donors (Lipinski definition) is 0. The van der Waals surface area contributed by atoms with Gasteiger partial charge in [-0.2, -0.15) is 17.0 Å². The van der Waals surface area contributed by atoms with Crippen LogP contribution in [0.25, 0.3) is 0 Å². The first kappa shape index (κ1) is 19.4. The van der Waals surface area contributed by atoms with E-state index in [0.717, 1.165) is 35.7 Å². The third-order valence-corrected chi connectivity index (χ3v) is 5.88. The average molecular weight is 391 g/mol. The molecule has 1 atom stereocenters. The van der Waals surface area contributed by atoms with Gasteiger partial charge in [0.2, 0.25) is 0 Å². The predicted octanol–water partition coefficient (Wildman–Crippen LogP) is 1.88. The molecule has 0 unspecified atom stereocenters. The predicted molar refractivity (Wildman–Crippen MR) is 89.8 cm³/mol. The van der Waals surface area contributed by atoms with E-state index in [-0.39, 0.29) is 23.7 Å². The van der Waals surface area contributed by atoms with E-state index in [1.165, 1.54) is 0 Å². The summed E-state index contributed by atoms with van der Waals surface area (Å²) in [6.07, 6.45) is 1.48. The zero-order valence-electron chi connectivity index (χ0n) is 13.3. The number of anilines is 1. The van der Waals surface area contributed by atoms with Gasteiger partial charge in [0.05, 0.1) is 17.8 Å². The maximum absolute atomic E-state index is 13.3. The SMILES string of the molecule is C=CC(=O)N(c1ccc(F)cc1Cl)S(=O)(=O)N1CCC[C@H]1C(=O)OC. The molecule has 0 N–H and O–H groups in total. The third kappa shape index (κ3) is 3.68. The molecule has 1 aliphatic heterocycles. The molecule has 1 aromatic carbocycles. The lowest BCUT2D eigenvalue weighted by atomic mass is 10.2. The highest BCUT2D eigenvalue weighted by atomic mass is 35.5. The van der Waals surface area contributed by atoms with Crippen LogP contribution in [-0.2, 0) is 24.5 Å². The summed E-state index contributed by atoms with van der Waals surface area (Å²) in [6.45, 7) is 3.31. The second-order valence-electron chi connectivity index (χ2n) is 5.20. The van der Waals surface area contributed by atoms with Crippen LogP contribution < -0.4 is 4.31 Å². The quantitative estimate of drug-likeness (QED) is 0.566. The molecule has 0 aliphatic carbocycles. The van der Waals surface area contributed by atoms with Gasteiger partial charge in [-0.1, -0.05) is 18.2 Å². The number of carbonyl (C=O) groups is 2. The molecule has 2 rings (SSSR count). The van der Waals surface area contributed by atoms with Gasteiger partial charge in [0, 0.05) is 6.54 Å². The minimum atomic E-state index is -4.47. The van der Waals surface area contributed by atoms with Crippen molar-refractivity contribution in [1.29, 1.82) is 0 Å². The fourth-order valence-electron chi connectivity index (χ4n) is 2.58. The van der Waals surface area contributed by atoms with Crippen LogP contribution in [0, 0.1) is 5.82 Å². The van der Waals surface area contributed by atoms with Gasteiger partial charge in [0.1, 0.15) is 11.9 Å². The lowest BCUT2D eigenvalue weighted by Crippen LogP contribution is -2.50. The number of carbonyl (C=O) groups excluding carboxylic acids is 2. The summed E-state index contributed by atoms with van der Waals surface area (Å²) in [5.41, 5.74) is -0.233. The van der Waals surface area contributed by atoms with Crippen molar-refractivity contribution in [3.05, 3.63) is 41.7 Å². The molecule has 1 aromatic rings. The molecule has 1 saturated heterocycles. The Hall–Kier alpha value is -1.97. The molecular weight excluding hydrogens is 375 g/mol. The van der Waals surface area contributed by atoms with Crippen LogP contribution in [-0.4, -0.2) is 44.3 Å². The standard InChI is InChI=1S/C15H16ClFN2O5S/c1-3-14(20)19(12-7-6-10(17)9-11(12)16)25(22,23)18-8-4-5-13(18)15(21)24-2/h3,6-7,9,13H,1,4-5,8H2,2H3/t13-/m0/s1. The van der Waals surface area contributed by atoms with E-state index in [1.54, 1.807) is 0 Å². The fourth-order valence-corrected chi connectivity index (χ4v) is 4.67. The van der Waals surface area contributed by atoms with E-state index >= 15 is 0 Å². The summed E-state index contributed by atoms with van der Waals surface area (Å²) in [7, 11) is -3.32. The van der Waals surface area contributed by atoms with Gasteiger partial charge in [0.15, 0.2) is 0 Å². The van der Waals surface area contributed by atoms with Crippen molar-refractivity contribution in [1.82, 2.24) is 4.31 Å². The molecule has 1 fully saturated rings. The molecular formula is C15H16ClFN2O5S. The Morgan fingerprint density at radius 1 is 1.48 bits per heavy atom. The van der Waals surface area contributed by atoms with Crippen molar-refractivity contribution in [2.75, 3.05) is 18.0 Å². The first-order valence-corrected chi connectivity index (χ1v) is 9.03. The largest absolute Gasteiger partial charge is 0.468 e. The zero-order chi connectivity index (χ0) is 18.8. The first-order valence-electron chi connectivity index (χ1n) is 7.25. The number of methoxy groups -OCH3 is 1. The van der Waals surface area contributed by atoms with Gasteiger partial charge in [-0.05, 0) is 37.1 Å².